The van der Waals surface area contributed by atoms with Crippen molar-refractivity contribution >= 4 is 30.7 Å². The second-order valence-corrected chi connectivity index (χ2v) is 14.0. The fourth-order valence-electron chi connectivity index (χ4n) is 5.62. The first kappa shape index (κ1) is 34.9. The van der Waals surface area contributed by atoms with Crippen LogP contribution in [0.2, 0.25) is 0 Å². The number of anilines is 1. The Morgan fingerprint density at radius 1 is 1.26 bits per heavy atom. The van der Waals surface area contributed by atoms with E-state index in [0.717, 1.165) is 32.1 Å². The number of ether oxygens (including phenoxy) is 3. The molecule has 1 saturated carbocycles. The topological polar surface area (TPSA) is 202 Å². The SMILES string of the molecule is CCOc1nc(N)nc2c1ncn2[C@@H]1O[C@](F)(COP(=O)(CCN[C@@H](C)C(=O)OC2CCCCC2)Oc2ccccc2)[C@@H](O)[C@@]1(C)O. The van der Waals surface area contributed by atoms with Gasteiger partial charge in [-0.1, -0.05) is 24.6 Å². The molecule has 17 heteroatoms. The van der Waals surface area contributed by atoms with Crippen molar-refractivity contribution in [1.82, 2.24) is 24.8 Å². The van der Waals surface area contributed by atoms with Gasteiger partial charge in [0.1, 0.15) is 36.2 Å². The second kappa shape index (κ2) is 14.4. The second-order valence-electron chi connectivity index (χ2n) is 11.9. The maximum absolute atomic E-state index is 16.4. The number of aliphatic hydroxyl groups is 2. The number of nitrogens with zero attached hydrogens (tertiary/aromatic N) is 4. The number of imidazole rings is 1. The molecule has 0 spiro atoms. The third-order valence-electron chi connectivity index (χ3n) is 8.18. The number of rotatable bonds is 14. The summed E-state index contributed by atoms with van der Waals surface area (Å²) >= 11 is 0. The standard InChI is InChI=1S/C30H42FN6O9P/c1-4-42-24-22-23(35-28(32)36-24)37(18-34-22)27-29(3,40)26(39)30(31,45-27)17-43-47(41,46-21-13-9-6-10-14-21)16-15-33-19(2)25(38)44-20-11-7-5-8-12-20/h6,9-10,13-14,18-20,26-27,33,39-40H,4-5,7-8,11-12,15-17H2,1-3H3,(H2,32,35,36)/t19-,26-,27+,29+,30+,47?/m0/s1. The molecule has 1 aliphatic carbocycles. The normalized spacial score (nSPS) is 26.9. The molecule has 6 atom stereocenters. The predicted molar refractivity (Wildman–Crippen MR) is 167 cm³/mol. The van der Waals surface area contributed by atoms with Crippen molar-refractivity contribution in [3.05, 3.63) is 36.7 Å². The van der Waals surface area contributed by atoms with Gasteiger partial charge in [-0.2, -0.15) is 9.97 Å². The monoisotopic (exact) mass is 680 g/mol. The van der Waals surface area contributed by atoms with Crippen LogP contribution < -0.4 is 20.3 Å². The zero-order chi connectivity index (χ0) is 33.8. The molecule has 0 radical (unpaired) electrons. The first-order chi connectivity index (χ1) is 22.3. The smallest absolute Gasteiger partial charge is 0.380 e. The van der Waals surface area contributed by atoms with Crippen LogP contribution in [0.4, 0.5) is 10.3 Å². The Morgan fingerprint density at radius 3 is 2.68 bits per heavy atom. The Labute approximate surface area is 271 Å². The largest absolute Gasteiger partial charge is 0.476 e. The molecule has 1 aliphatic heterocycles. The first-order valence-corrected chi connectivity index (χ1v) is 17.4. The van der Waals surface area contributed by atoms with Gasteiger partial charge in [-0.3, -0.25) is 13.9 Å². The van der Waals surface area contributed by atoms with Gasteiger partial charge in [0.05, 0.1) is 19.1 Å². The summed E-state index contributed by atoms with van der Waals surface area (Å²) in [7, 11) is -4.17. The van der Waals surface area contributed by atoms with Crippen LogP contribution in [0.5, 0.6) is 11.6 Å². The number of benzene rings is 1. The molecule has 3 aromatic rings. The molecule has 15 nitrogen and oxygen atoms in total. The van der Waals surface area contributed by atoms with Crippen LogP contribution in [0.3, 0.4) is 0 Å². The van der Waals surface area contributed by atoms with E-state index in [9.17, 15) is 19.6 Å². The highest BCUT2D eigenvalue weighted by molar-refractivity contribution is 7.54. The Hall–Kier alpha value is -3.40. The maximum atomic E-state index is 16.4. The van der Waals surface area contributed by atoms with Crippen molar-refractivity contribution < 1.29 is 47.2 Å². The van der Waals surface area contributed by atoms with Crippen molar-refractivity contribution in [3.8, 4) is 11.6 Å². The summed E-state index contributed by atoms with van der Waals surface area (Å²) in [6, 6.07) is 7.44. The zero-order valence-electron chi connectivity index (χ0n) is 26.6. The van der Waals surface area contributed by atoms with Gasteiger partial charge in [0.25, 0.3) is 5.85 Å². The van der Waals surface area contributed by atoms with E-state index in [4.69, 9.17) is 29.0 Å². The fourth-order valence-corrected chi connectivity index (χ4v) is 7.11. The number of esters is 1. The molecule has 3 heterocycles. The van der Waals surface area contributed by atoms with Crippen LogP contribution in [0.1, 0.15) is 59.1 Å². The molecule has 258 valence electrons. The van der Waals surface area contributed by atoms with Gasteiger partial charge in [0, 0.05) is 6.54 Å². The van der Waals surface area contributed by atoms with Crippen LogP contribution in [0.15, 0.2) is 36.7 Å². The van der Waals surface area contributed by atoms with Gasteiger partial charge in [0.15, 0.2) is 17.4 Å². The number of carbonyl (C=O) groups is 1. The van der Waals surface area contributed by atoms with E-state index in [-0.39, 0.29) is 54.2 Å². The Balaban J connectivity index is 1.30. The van der Waals surface area contributed by atoms with Gasteiger partial charge in [-0.15, -0.1) is 0 Å². The third kappa shape index (κ3) is 7.85. The van der Waals surface area contributed by atoms with E-state index in [2.05, 4.69) is 20.3 Å². The molecule has 2 aliphatic rings. The number of fused-ring (bicyclic) bond motifs is 1. The highest BCUT2D eigenvalue weighted by atomic mass is 31.2. The van der Waals surface area contributed by atoms with E-state index in [1.54, 1.807) is 44.2 Å². The lowest BCUT2D eigenvalue weighted by Gasteiger charge is -2.28. The van der Waals surface area contributed by atoms with Gasteiger partial charge in [-0.25, -0.2) is 13.9 Å². The number of halogens is 1. The van der Waals surface area contributed by atoms with Crippen LogP contribution in [-0.4, -0.2) is 91.3 Å². The molecule has 0 bridgehead atoms. The number of alkyl halides is 1. The Kier molecular flexibility index (Phi) is 10.7. The molecular formula is C30H42FN6O9P. The minimum absolute atomic E-state index is 0.0155. The van der Waals surface area contributed by atoms with Crippen molar-refractivity contribution in [3.63, 3.8) is 0 Å². The minimum Gasteiger partial charge on any atom is -0.476 e. The molecule has 1 unspecified atom stereocenters. The van der Waals surface area contributed by atoms with Crippen molar-refractivity contribution in [2.45, 2.75) is 88.8 Å². The van der Waals surface area contributed by atoms with E-state index < -0.39 is 50.0 Å². The third-order valence-corrected chi connectivity index (χ3v) is 9.96. The van der Waals surface area contributed by atoms with Crippen LogP contribution >= 0.6 is 7.60 Å². The number of aliphatic hydroxyl groups excluding tert-OH is 1. The summed E-state index contributed by atoms with van der Waals surface area (Å²) < 4.78 is 59.6. The van der Waals surface area contributed by atoms with Crippen LogP contribution in [0, 0.1) is 0 Å². The Bertz CT molecular complexity index is 1570. The summed E-state index contributed by atoms with van der Waals surface area (Å²) in [6.07, 6.45) is 1.86. The van der Waals surface area contributed by atoms with Crippen LogP contribution in [0.25, 0.3) is 11.2 Å². The summed E-state index contributed by atoms with van der Waals surface area (Å²) in [5.41, 5.74) is 3.82. The van der Waals surface area contributed by atoms with Crippen LogP contribution in [-0.2, 0) is 23.4 Å². The number of aromatic nitrogens is 4. The summed E-state index contributed by atoms with van der Waals surface area (Å²) in [5.74, 6) is -3.39. The van der Waals surface area contributed by atoms with Gasteiger partial charge in [-0.05, 0) is 58.6 Å². The number of nitrogens with two attached hydrogens (primary N) is 1. The highest BCUT2D eigenvalue weighted by Crippen LogP contribution is 2.52. The highest BCUT2D eigenvalue weighted by Gasteiger charge is 2.64. The zero-order valence-corrected chi connectivity index (χ0v) is 27.5. The quantitative estimate of drug-likeness (QED) is 0.143. The molecule has 47 heavy (non-hydrogen) atoms. The maximum Gasteiger partial charge on any atom is 0.380 e. The van der Waals surface area contributed by atoms with E-state index in [1.807, 2.05) is 0 Å². The summed E-state index contributed by atoms with van der Waals surface area (Å²) in [6.45, 7) is 3.69. The van der Waals surface area contributed by atoms with Crippen molar-refractivity contribution in [2.24, 2.45) is 0 Å². The number of para-hydroxylation sites is 1. The first-order valence-electron chi connectivity index (χ1n) is 15.7. The molecule has 5 N–H and O–H groups in total. The van der Waals surface area contributed by atoms with Crippen molar-refractivity contribution in [1.29, 1.82) is 0 Å². The van der Waals surface area contributed by atoms with Crippen molar-refractivity contribution in [2.75, 3.05) is 31.7 Å². The molecule has 5 rings (SSSR count). The minimum atomic E-state index is -4.17. The number of hydrogen-bond donors (Lipinski definition) is 4. The lowest BCUT2D eigenvalue weighted by atomic mass is 9.95. The van der Waals surface area contributed by atoms with E-state index in [0.29, 0.717) is 0 Å². The Morgan fingerprint density at radius 2 is 1.98 bits per heavy atom. The molecule has 2 aromatic heterocycles. The predicted octanol–water partition coefficient (Wildman–Crippen LogP) is 3.26. The number of hydrogen-bond acceptors (Lipinski definition) is 14. The van der Waals surface area contributed by atoms with E-state index in [1.165, 1.54) is 17.8 Å². The molecule has 1 aromatic carbocycles. The lowest BCUT2D eigenvalue weighted by molar-refractivity contribution is -0.202. The van der Waals surface area contributed by atoms with E-state index >= 15 is 4.39 Å². The number of nitrogens with one attached hydrogen (secondary N) is 1. The average molecular weight is 681 g/mol. The number of nitrogen functional groups attached to an aromatic ring is 1. The number of carbonyl (C=O) groups excluding carboxylic acids is 1. The lowest BCUT2D eigenvalue weighted by Crippen LogP contribution is -2.49. The van der Waals surface area contributed by atoms with Gasteiger partial charge >= 0.3 is 13.6 Å². The summed E-state index contributed by atoms with van der Waals surface area (Å²) in [5, 5.41) is 25.3. The average Bonchev–Trinajstić information content (AvgIpc) is 3.53. The van der Waals surface area contributed by atoms with Gasteiger partial charge in [0.2, 0.25) is 11.8 Å². The molecular weight excluding hydrogens is 638 g/mol. The molecule has 1 saturated heterocycles. The molecule has 2 fully saturated rings. The molecule has 0 amide bonds. The summed E-state index contributed by atoms with van der Waals surface area (Å²) in [4.78, 5) is 25.0. The fraction of sp³-hybridized carbons (Fsp3) is 0.600. The van der Waals surface area contributed by atoms with Gasteiger partial charge < -0.3 is 40.0 Å².